The number of aryl methyl sites for hydroxylation is 1. The normalized spacial score (nSPS) is 10.1. The van der Waals surface area contributed by atoms with Crippen LogP contribution in [-0.4, -0.2) is 36.4 Å². The highest BCUT2D eigenvalue weighted by Crippen LogP contribution is 2.20. The molecular weight excluding hydrogens is 194 g/mol. The second kappa shape index (κ2) is 4.79. The third-order valence-electron chi connectivity index (χ3n) is 2.30. The average Bonchev–Trinajstić information content (AvgIpc) is 2.18. The van der Waals surface area contributed by atoms with E-state index in [-0.39, 0.29) is 12.2 Å². The molecule has 4 nitrogen and oxygen atoms in total. The lowest BCUT2D eigenvalue weighted by atomic mass is 10.1. The van der Waals surface area contributed by atoms with Crippen LogP contribution >= 0.6 is 0 Å². The number of rotatable bonds is 4. The molecule has 1 aromatic rings. The summed E-state index contributed by atoms with van der Waals surface area (Å²) in [5.41, 5.74) is 2.10. The van der Waals surface area contributed by atoms with Gasteiger partial charge in [0.25, 0.3) is 0 Å². The third-order valence-corrected chi connectivity index (χ3v) is 2.30. The molecule has 0 heterocycles. The quantitative estimate of drug-likeness (QED) is 0.780. The molecule has 0 atom stereocenters. The molecule has 0 bridgehead atoms. The second-order valence-electron chi connectivity index (χ2n) is 3.45. The minimum Gasteiger partial charge on any atom is -0.478 e. The highest BCUT2D eigenvalue weighted by atomic mass is 16.4. The van der Waals surface area contributed by atoms with Crippen molar-refractivity contribution >= 4 is 11.7 Å². The van der Waals surface area contributed by atoms with Gasteiger partial charge in [0.2, 0.25) is 0 Å². The summed E-state index contributed by atoms with van der Waals surface area (Å²) in [5, 5.41) is 17.7. The van der Waals surface area contributed by atoms with Gasteiger partial charge >= 0.3 is 5.97 Å². The number of nitrogens with zero attached hydrogens (tertiary/aromatic N) is 1. The number of carboxylic acids is 1. The zero-order valence-corrected chi connectivity index (χ0v) is 8.90. The van der Waals surface area contributed by atoms with Gasteiger partial charge in [0, 0.05) is 19.3 Å². The number of carbonyl (C=O) groups is 1. The van der Waals surface area contributed by atoms with Gasteiger partial charge < -0.3 is 15.1 Å². The van der Waals surface area contributed by atoms with Gasteiger partial charge in [0.05, 0.1) is 12.2 Å². The molecule has 0 radical (unpaired) electrons. The fourth-order valence-electron chi connectivity index (χ4n) is 1.42. The first kappa shape index (κ1) is 11.5. The molecule has 0 unspecified atom stereocenters. The van der Waals surface area contributed by atoms with E-state index in [1.54, 1.807) is 18.2 Å². The number of aliphatic hydroxyl groups excluding tert-OH is 1. The van der Waals surface area contributed by atoms with Crippen molar-refractivity contribution in [3.8, 4) is 0 Å². The third kappa shape index (κ3) is 2.70. The Hall–Kier alpha value is -1.55. The molecule has 0 spiro atoms. The van der Waals surface area contributed by atoms with E-state index in [1.165, 1.54) is 0 Å². The van der Waals surface area contributed by atoms with E-state index >= 15 is 0 Å². The smallest absolute Gasteiger partial charge is 0.335 e. The zero-order chi connectivity index (χ0) is 11.4. The standard InChI is InChI=1S/C11H15NO3/c1-8-3-4-9(11(14)15)7-10(8)12(2)5-6-13/h3-4,7,13H,5-6H2,1-2H3,(H,14,15). The highest BCUT2D eigenvalue weighted by molar-refractivity contribution is 5.89. The summed E-state index contributed by atoms with van der Waals surface area (Å²) < 4.78 is 0. The summed E-state index contributed by atoms with van der Waals surface area (Å²) in [6.07, 6.45) is 0. The molecule has 15 heavy (non-hydrogen) atoms. The van der Waals surface area contributed by atoms with Crippen LogP contribution in [-0.2, 0) is 0 Å². The molecular formula is C11H15NO3. The lowest BCUT2D eigenvalue weighted by Crippen LogP contribution is -2.22. The molecule has 4 heteroatoms. The Labute approximate surface area is 88.8 Å². The van der Waals surface area contributed by atoms with Crippen molar-refractivity contribution in [1.29, 1.82) is 0 Å². The molecule has 1 rings (SSSR count). The maximum atomic E-state index is 10.8. The Kier molecular flexibility index (Phi) is 3.68. The minimum absolute atomic E-state index is 0.0488. The number of benzene rings is 1. The van der Waals surface area contributed by atoms with Gasteiger partial charge in [-0.1, -0.05) is 6.07 Å². The summed E-state index contributed by atoms with van der Waals surface area (Å²) >= 11 is 0. The van der Waals surface area contributed by atoms with E-state index < -0.39 is 5.97 Å². The highest BCUT2D eigenvalue weighted by Gasteiger charge is 2.08. The minimum atomic E-state index is -0.936. The molecule has 2 N–H and O–H groups in total. The summed E-state index contributed by atoms with van der Waals surface area (Å²) in [6, 6.07) is 4.97. The van der Waals surface area contributed by atoms with E-state index in [4.69, 9.17) is 10.2 Å². The molecule has 0 aromatic heterocycles. The van der Waals surface area contributed by atoms with Crippen molar-refractivity contribution in [1.82, 2.24) is 0 Å². The van der Waals surface area contributed by atoms with Gasteiger partial charge in [-0.3, -0.25) is 0 Å². The number of hydrogen-bond donors (Lipinski definition) is 2. The predicted molar refractivity (Wildman–Crippen MR) is 58.5 cm³/mol. The van der Waals surface area contributed by atoms with Gasteiger partial charge in [-0.2, -0.15) is 0 Å². The van der Waals surface area contributed by atoms with E-state index in [0.717, 1.165) is 11.3 Å². The Morgan fingerprint density at radius 2 is 2.13 bits per heavy atom. The number of hydrogen-bond acceptors (Lipinski definition) is 3. The van der Waals surface area contributed by atoms with Crippen molar-refractivity contribution in [2.24, 2.45) is 0 Å². The van der Waals surface area contributed by atoms with E-state index in [0.29, 0.717) is 6.54 Å². The van der Waals surface area contributed by atoms with Crippen LogP contribution < -0.4 is 4.90 Å². The summed E-state index contributed by atoms with van der Waals surface area (Å²) in [6.45, 7) is 2.45. The topological polar surface area (TPSA) is 60.8 Å². The van der Waals surface area contributed by atoms with Gasteiger partial charge in [-0.25, -0.2) is 4.79 Å². The van der Waals surface area contributed by atoms with Crippen LogP contribution in [0.15, 0.2) is 18.2 Å². The first-order valence-electron chi connectivity index (χ1n) is 4.72. The average molecular weight is 209 g/mol. The van der Waals surface area contributed by atoms with Crippen LogP contribution in [0, 0.1) is 6.92 Å². The largest absolute Gasteiger partial charge is 0.478 e. The van der Waals surface area contributed by atoms with Gasteiger partial charge in [0.1, 0.15) is 0 Å². The van der Waals surface area contributed by atoms with Crippen molar-refractivity contribution in [2.75, 3.05) is 25.1 Å². The molecule has 0 saturated carbocycles. The first-order chi connectivity index (χ1) is 7.06. The van der Waals surface area contributed by atoms with Crippen LogP contribution in [0.2, 0.25) is 0 Å². The molecule has 0 amide bonds. The monoisotopic (exact) mass is 209 g/mol. The fraction of sp³-hybridized carbons (Fsp3) is 0.364. The lowest BCUT2D eigenvalue weighted by Gasteiger charge is -2.20. The van der Waals surface area contributed by atoms with E-state index in [1.807, 2.05) is 18.9 Å². The number of likely N-dealkylation sites (N-methyl/N-ethyl adjacent to an activating group) is 1. The first-order valence-corrected chi connectivity index (χ1v) is 4.72. The SMILES string of the molecule is Cc1ccc(C(=O)O)cc1N(C)CCO. The van der Waals surface area contributed by atoms with Crippen molar-refractivity contribution in [3.63, 3.8) is 0 Å². The van der Waals surface area contributed by atoms with E-state index in [9.17, 15) is 4.79 Å². The van der Waals surface area contributed by atoms with E-state index in [2.05, 4.69) is 0 Å². The summed E-state index contributed by atoms with van der Waals surface area (Å²) in [4.78, 5) is 12.6. The molecule has 1 aromatic carbocycles. The zero-order valence-electron chi connectivity index (χ0n) is 8.90. The van der Waals surface area contributed by atoms with Crippen LogP contribution in [0.25, 0.3) is 0 Å². The molecule has 0 saturated heterocycles. The van der Waals surface area contributed by atoms with Crippen LogP contribution in [0.5, 0.6) is 0 Å². The second-order valence-corrected chi connectivity index (χ2v) is 3.45. The Balaban J connectivity index is 3.04. The summed E-state index contributed by atoms with van der Waals surface area (Å²) in [7, 11) is 1.82. The lowest BCUT2D eigenvalue weighted by molar-refractivity contribution is 0.0697. The molecule has 0 aliphatic carbocycles. The Morgan fingerprint density at radius 1 is 1.47 bits per heavy atom. The maximum Gasteiger partial charge on any atom is 0.335 e. The van der Waals surface area contributed by atoms with Crippen molar-refractivity contribution in [3.05, 3.63) is 29.3 Å². The maximum absolute atomic E-state index is 10.8. The Morgan fingerprint density at radius 3 is 2.67 bits per heavy atom. The number of aliphatic hydroxyl groups is 1. The van der Waals surface area contributed by atoms with Crippen LogP contribution in [0.1, 0.15) is 15.9 Å². The van der Waals surface area contributed by atoms with Gasteiger partial charge in [-0.05, 0) is 24.6 Å². The fourth-order valence-corrected chi connectivity index (χ4v) is 1.42. The van der Waals surface area contributed by atoms with Gasteiger partial charge in [0.15, 0.2) is 0 Å². The predicted octanol–water partition coefficient (Wildman–Crippen LogP) is 1.12. The number of carboxylic acid groups (broad SMARTS) is 1. The molecule has 0 fully saturated rings. The van der Waals surface area contributed by atoms with Crippen molar-refractivity contribution < 1.29 is 15.0 Å². The molecule has 0 aliphatic heterocycles. The van der Waals surface area contributed by atoms with Crippen LogP contribution in [0.4, 0.5) is 5.69 Å². The Bertz CT molecular complexity index is 363. The van der Waals surface area contributed by atoms with Gasteiger partial charge in [-0.15, -0.1) is 0 Å². The molecule has 82 valence electrons. The van der Waals surface area contributed by atoms with Crippen molar-refractivity contribution in [2.45, 2.75) is 6.92 Å². The number of aromatic carboxylic acids is 1. The van der Waals surface area contributed by atoms with Crippen LogP contribution in [0.3, 0.4) is 0 Å². The molecule has 0 aliphatic rings. The number of anilines is 1. The summed E-state index contributed by atoms with van der Waals surface area (Å²) in [5.74, 6) is -0.936.